The Kier molecular flexibility index (Phi) is 4.76. The second-order valence-electron chi connectivity index (χ2n) is 6.31. The van der Waals surface area contributed by atoms with E-state index in [1.807, 2.05) is 39.8 Å². The predicted molar refractivity (Wildman–Crippen MR) is 86.7 cm³/mol. The number of nitrogens with zero attached hydrogens (tertiary/aromatic N) is 2. The van der Waals surface area contributed by atoms with E-state index >= 15 is 0 Å². The molecular formula is C15H22BrN3O2. The first-order valence-corrected chi connectivity index (χ1v) is 7.91. The standard InChI is InChI=1S/C15H22BrN3O2/c1-10-12(16)5-6-13(17-10)19-8-7-11(9-19)18-14(20)21-15(2,3)4/h5-6,11H,7-9H2,1-4H3,(H,18,20). The minimum atomic E-state index is -0.466. The van der Waals surface area contributed by atoms with Crippen molar-refractivity contribution in [2.75, 3.05) is 18.0 Å². The van der Waals surface area contributed by atoms with Crippen molar-refractivity contribution in [1.29, 1.82) is 0 Å². The number of aryl methyl sites for hydroxylation is 1. The average Bonchev–Trinajstić information content (AvgIpc) is 2.78. The first kappa shape index (κ1) is 16.1. The van der Waals surface area contributed by atoms with E-state index < -0.39 is 5.60 Å². The molecule has 1 aromatic heterocycles. The number of carbonyl (C=O) groups is 1. The van der Waals surface area contributed by atoms with Crippen molar-refractivity contribution in [2.24, 2.45) is 0 Å². The molecule has 1 unspecified atom stereocenters. The summed E-state index contributed by atoms with van der Waals surface area (Å²) in [5.41, 5.74) is 0.503. The summed E-state index contributed by atoms with van der Waals surface area (Å²) in [4.78, 5) is 18.5. The summed E-state index contributed by atoms with van der Waals surface area (Å²) < 4.78 is 6.29. The Balaban J connectivity index is 1.91. The molecule has 1 amide bonds. The number of pyridine rings is 1. The highest BCUT2D eigenvalue weighted by molar-refractivity contribution is 9.10. The molecule has 1 N–H and O–H groups in total. The lowest BCUT2D eigenvalue weighted by Gasteiger charge is -2.22. The van der Waals surface area contributed by atoms with Gasteiger partial charge in [0.25, 0.3) is 0 Å². The normalized spacial score (nSPS) is 18.7. The summed E-state index contributed by atoms with van der Waals surface area (Å²) in [6.07, 6.45) is 0.546. The molecule has 1 saturated heterocycles. The molecule has 0 aromatic carbocycles. The summed E-state index contributed by atoms with van der Waals surface area (Å²) in [5, 5.41) is 2.92. The van der Waals surface area contributed by atoms with Crippen LogP contribution in [0.5, 0.6) is 0 Å². The highest BCUT2D eigenvalue weighted by atomic mass is 79.9. The number of ether oxygens (including phenoxy) is 1. The van der Waals surface area contributed by atoms with Crippen molar-refractivity contribution in [2.45, 2.75) is 45.8 Å². The van der Waals surface area contributed by atoms with Crippen molar-refractivity contribution in [1.82, 2.24) is 10.3 Å². The minimum Gasteiger partial charge on any atom is -0.444 e. The lowest BCUT2D eigenvalue weighted by atomic mass is 10.2. The monoisotopic (exact) mass is 355 g/mol. The Morgan fingerprint density at radius 2 is 2.19 bits per heavy atom. The van der Waals surface area contributed by atoms with Crippen molar-refractivity contribution >= 4 is 27.8 Å². The smallest absolute Gasteiger partial charge is 0.407 e. The lowest BCUT2D eigenvalue weighted by Crippen LogP contribution is -2.40. The fourth-order valence-electron chi connectivity index (χ4n) is 2.27. The lowest BCUT2D eigenvalue weighted by molar-refractivity contribution is 0.0509. The highest BCUT2D eigenvalue weighted by Crippen LogP contribution is 2.22. The van der Waals surface area contributed by atoms with Crippen LogP contribution in [0.2, 0.25) is 0 Å². The summed E-state index contributed by atoms with van der Waals surface area (Å²) >= 11 is 3.46. The molecule has 2 heterocycles. The third-order valence-corrected chi connectivity index (χ3v) is 4.08. The van der Waals surface area contributed by atoms with Gasteiger partial charge in [0.1, 0.15) is 11.4 Å². The van der Waals surface area contributed by atoms with Crippen molar-refractivity contribution in [3.05, 3.63) is 22.3 Å². The Bertz CT molecular complexity index is 528. The van der Waals surface area contributed by atoms with Gasteiger partial charge in [0.2, 0.25) is 0 Å². The topological polar surface area (TPSA) is 54.5 Å². The van der Waals surface area contributed by atoms with Crippen LogP contribution in [-0.4, -0.2) is 35.8 Å². The quantitative estimate of drug-likeness (QED) is 0.884. The van der Waals surface area contributed by atoms with Gasteiger partial charge in [-0.1, -0.05) is 0 Å². The van der Waals surface area contributed by atoms with Gasteiger partial charge in [0.05, 0.1) is 11.7 Å². The summed E-state index contributed by atoms with van der Waals surface area (Å²) in [6, 6.07) is 4.10. The molecule has 0 spiro atoms. The number of hydrogen-bond donors (Lipinski definition) is 1. The SMILES string of the molecule is Cc1nc(N2CCC(NC(=O)OC(C)(C)C)C2)ccc1Br. The van der Waals surface area contributed by atoms with Gasteiger partial charge in [-0.15, -0.1) is 0 Å². The number of hydrogen-bond acceptors (Lipinski definition) is 4. The molecule has 116 valence electrons. The molecule has 1 aromatic rings. The van der Waals surface area contributed by atoms with Gasteiger partial charge >= 0.3 is 6.09 Å². The fraction of sp³-hybridized carbons (Fsp3) is 0.600. The number of aromatic nitrogens is 1. The number of anilines is 1. The maximum atomic E-state index is 11.8. The van der Waals surface area contributed by atoms with Gasteiger partial charge in [-0.2, -0.15) is 0 Å². The van der Waals surface area contributed by atoms with Crippen LogP contribution in [0.1, 0.15) is 32.9 Å². The van der Waals surface area contributed by atoms with Crippen LogP contribution in [0.3, 0.4) is 0 Å². The van der Waals surface area contributed by atoms with Crippen molar-refractivity contribution in [3.8, 4) is 0 Å². The Hall–Kier alpha value is -1.30. The van der Waals surface area contributed by atoms with Crippen molar-refractivity contribution < 1.29 is 9.53 Å². The summed E-state index contributed by atoms with van der Waals surface area (Å²) in [7, 11) is 0. The molecule has 0 saturated carbocycles. The molecule has 1 aliphatic heterocycles. The van der Waals surface area contributed by atoms with Crippen LogP contribution in [0.4, 0.5) is 10.6 Å². The second kappa shape index (κ2) is 6.22. The van der Waals surface area contributed by atoms with E-state index in [9.17, 15) is 4.79 Å². The molecule has 2 rings (SSSR count). The first-order chi connectivity index (χ1) is 9.74. The molecule has 0 bridgehead atoms. The van der Waals surface area contributed by atoms with Crippen LogP contribution in [0.15, 0.2) is 16.6 Å². The maximum absolute atomic E-state index is 11.8. The summed E-state index contributed by atoms with van der Waals surface area (Å²) in [6.45, 7) is 9.20. The van der Waals surface area contributed by atoms with E-state index in [-0.39, 0.29) is 12.1 Å². The predicted octanol–water partition coefficient (Wildman–Crippen LogP) is 3.26. The average molecular weight is 356 g/mol. The number of alkyl carbamates (subject to hydrolysis) is 1. The van der Waals surface area contributed by atoms with E-state index in [1.165, 1.54) is 0 Å². The van der Waals surface area contributed by atoms with E-state index in [4.69, 9.17) is 4.74 Å². The van der Waals surface area contributed by atoms with Crippen LogP contribution >= 0.6 is 15.9 Å². The zero-order chi connectivity index (χ0) is 15.6. The largest absolute Gasteiger partial charge is 0.444 e. The van der Waals surface area contributed by atoms with Crippen LogP contribution in [-0.2, 0) is 4.74 Å². The van der Waals surface area contributed by atoms with E-state index in [0.29, 0.717) is 0 Å². The number of amides is 1. The highest BCUT2D eigenvalue weighted by Gasteiger charge is 2.26. The maximum Gasteiger partial charge on any atom is 0.407 e. The molecule has 21 heavy (non-hydrogen) atoms. The second-order valence-corrected chi connectivity index (χ2v) is 7.17. The van der Waals surface area contributed by atoms with E-state index in [0.717, 1.165) is 35.5 Å². The zero-order valence-electron chi connectivity index (χ0n) is 12.9. The number of rotatable bonds is 2. The number of halogens is 1. The number of nitrogens with one attached hydrogen (secondary N) is 1. The molecule has 1 atom stereocenters. The molecule has 6 heteroatoms. The third kappa shape index (κ3) is 4.59. The Morgan fingerprint density at radius 3 is 2.81 bits per heavy atom. The molecular weight excluding hydrogens is 334 g/mol. The van der Waals surface area contributed by atoms with Gasteiger partial charge in [0, 0.05) is 17.6 Å². The minimum absolute atomic E-state index is 0.102. The molecule has 0 aliphatic carbocycles. The third-order valence-electron chi connectivity index (χ3n) is 3.24. The van der Waals surface area contributed by atoms with Crippen LogP contribution in [0.25, 0.3) is 0 Å². The van der Waals surface area contributed by atoms with Crippen LogP contribution in [0, 0.1) is 6.92 Å². The fourth-order valence-corrected chi connectivity index (χ4v) is 2.49. The van der Waals surface area contributed by atoms with Crippen LogP contribution < -0.4 is 10.2 Å². The van der Waals surface area contributed by atoms with E-state index in [1.54, 1.807) is 0 Å². The van der Waals surface area contributed by atoms with Gasteiger partial charge in [-0.25, -0.2) is 9.78 Å². The van der Waals surface area contributed by atoms with Gasteiger partial charge in [0.15, 0.2) is 0 Å². The Morgan fingerprint density at radius 1 is 1.48 bits per heavy atom. The van der Waals surface area contributed by atoms with Gasteiger partial charge in [-0.05, 0) is 62.2 Å². The zero-order valence-corrected chi connectivity index (χ0v) is 14.5. The molecule has 0 radical (unpaired) electrons. The van der Waals surface area contributed by atoms with E-state index in [2.05, 4.69) is 31.1 Å². The number of carbonyl (C=O) groups excluding carboxylic acids is 1. The Labute approximate surface area is 134 Å². The summed E-state index contributed by atoms with van der Waals surface area (Å²) in [5.74, 6) is 0.948. The van der Waals surface area contributed by atoms with Crippen molar-refractivity contribution in [3.63, 3.8) is 0 Å². The first-order valence-electron chi connectivity index (χ1n) is 7.12. The van der Waals surface area contributed by atoms with Gasteiger partial charge in [-0.3, -0.25) is 0 Å². The van der Waals surface area contributed by atoms with Gasteiger partial charge < -0.3 is 15.0 Å². The molecule has 5 nitrogen and oxygen atoms in total. The molecule has 1 aliphatic rings. The molecule has 1 fully saturated rings.